The summed E-state index contributed by atoms with van der Waals surface area (Å²) in [6.45, 7) is 4.59. The minimum Gasteiger partial charge on any atom is -0.354 e. The average Bonchev–Trinajstić information content (AvgIpc) is 2.99. The highest BCUT2D eigenvalue weighted by molar-refractivity contribution is 6.30. The number of fused-ring (bicyclic) bond motifs is 2. The van der Waals surface area contributed by atoms with Crippen LogP contribution >= 0.6 is 11.6 Å². The highest BCUT2D eigenvalue weighted by atomic mass is 35.5. The quantitative estimate of drug-likeness (QED) is 0.805. The van der Waals surface area contributed by atoms with Crippen molar-refractivity contribution in [2.75, 3.05) is 38.1 Å². The summed E-state index contributed by atoms with van der Waals surface area (Å²) in [7, 11) is 2.21. The van der Waals surface area contributed by atoms with Crippen molar-refractivity contribution in [3.05, 3.63) is 17.4 Å². The van der Waals surface area contributed by atoms with Gasteiger partial charge in [-0.2, -0.15) is 5.10 Å². The van der Waals surface area contributed by atoms with Crippen LogP contribution < -0.4 is 4.90 Å². The van der Waals surface area contributed by atoms with Crippen molar-refractivity contribution in [3.63, 3.8) is 0 Å². The van der Waals surface area contributed by atoms with E-state index in [0.717, 1.165) is 41.6 Å². The van der Waals surface area contributed by atoms with Gasteiger partial charge in [-0.1, -0.05) is 11.6 Å². The number of anilines is 1. The van der Waals surface area contributed by atoms with Gasteiger partial charge in [0.05, 0.1) is 10.9 Å². The SMILES string of the molecule is CN1CC2CN(c3n[nH]c4cc(Cl)ncc34)CC2C1. The van der Waals surface area contributed by atoms with Gasteiger partial charge in [0.1, 0.15) is 5.15 Å². The summed E-state index contributed by atoms with van der Waals surface area (Å²) in [5.41, 5.74) is 0.962. The number of H-pyrrole nitrogens is 1. The van der Waals surface area contributed by atoms with E-state index < -0.39 is 0 Å². The highest BCUT2D eigenvalue weighted by Gasteiger charge is 2.39. The van der Waals surface area contributed by atoms with Gasteiger partial charge in [-0.05, 0) is 18.9 Å². The second-order valence-electron chi connectivity index (χ2n) is 5.75. The molecule has 2 aliphatic rings. The Balaban J connectivity index is 1.66. The predicted molar refractivity (Wildman–Crippen MR) is 75.6 cm³/mol. The van der Waals surface area contributed by atoms with Crippen molar-refractivity contribution in [2.45, 2.75) is 0 Å². The zero-order valence-corrected chi connectivity index (χ0v) is 11.6. The third-order valence-electron chi connectivity index (χ3n) is 4.36. The third kappa shape index (κ3) is 1.80. The molecular formula is C13H16ClN5. The Morgan fingerprint density at radius 2 is 2.00 bits per heavy atom. The fourth-order valence-corrected chi connectivity index (χ4v) is 3.67. The van der Waals surface area contributed by atoms with E-state index in [1.54, 1.807) is 0 Å². The lowest BCUT2D eigenvalue weighted by Gasteiger charge is -2.18. The molecule has 0 radical (unpaired) electrons. The lowest BCUT2D eigenvalue weighted by Crippen LogP contribution is -2.26. The molecule has 2 fully saturated rings. The van der Waals surface area contributed by atoms with Crippen LogP contribution in [0.15, 0.2) is 12.3 Å². The van der Waals surface area contributed by atoms with Crippen LogP contribution in [-0.2, 0) is 0 Å². The van der Waals surface area contributed by atoms with E-state index in [4.69, 9.17) is 11.6 Å². The van der Waals surface area contributed by atoms with Crippen molar-refractivity contribution in [2.24, 2.45) is 11.8 Å². The molecule has 0 bridgehead atoms. The van der Waals surface area contributed by atoms with Crippen molar-refractivity contribution in [1.82, 2.24) is 20.1 Å². The first-order valence-corrected chi connectivity index (χ1v) is 7.01. The van der Waals surface area contributed by atoms with Gasteiger partial charge in [-0.15, -0.1) is 0 Å². The molecule has 2 saturated heterocycles. The van der Waals surface area contributed by atoms with Gasteiger partial charge >= 0.3 is 0 Å². The number of rotatable bonds is 1. The molecule has 1 N–H and O–H groups in total. The van der Waals surface area contributed by atoms with Crippen molar-refractivity contribution >= 4 is 28.3 Å². The number of pyridine rings is 1. The number of hydrogen-bond acceptors (Lipinski definition) is 4. The Labute approximate surface area is 116 Å². The maximum absolute atomic E-state index is 5.90. The Morgan fingerprint density at radius 1 is 1.26 bits per heavy atom. The van der Waals surface area contributed by atoms with Crippen molar-refractivity contribution in [3.8, 4) is 0 Å². The van der Waals surface area contributed by atoms with Gasteiger partial charge in [0, 0.05) is 38.4 Å². The minimum atomic E-state index is 0.502. The molecule has 4 rings (SSSR count). The summed E-state index contributed by atoms with van der Waals surface area (Å²) in [4.78, 5) is 8.98. The number of hydrogen-bond donors (Lipinski definition) is 1. The van der Waals surface area contributed by atoms with E-state index in [2.05, 4.69) is 32.0 Å². The molecule has 5 nitrogen and oxygen atoms in total. The molecule has 0 aromatic carbocycles. The predicted octanol–water partition coefficient (Wildman–Crippen LogP) is 1.61. The number of nitrogens with one attached hydrogen (secondary N) is 1. The van der Waals surface area contributed by atoms with Crippen molar-refractivity contribution < 1.29 is 0 Å². The smallest absolute Gasteiger partial charge is 0.159 e. The first-order chi connectivity index (χ1) is 9.20. The first kappa shape index (κ1) is 11.5. The summed E-state index contributed by atoms with van der Waals surface area (Å²) < 4.78 is 0. The second-order valence-corrected chi connectivity index (χ2v) is 6.13. The maximum atomic E-state index is 5.90. The summed E-state index contributed by atoms with van der Waals surface area (Å²) >= 11 is 5.90. The van der Waals surface area contributed by atoms with E-state index in [0.29, 0.717) is 5.15 Å². The molecule has 0 aliphatic carbocycles. The van der Waals surface area contributed by atoms with Crippen LogP contribution in [0.2, 0.25) is 5.15 Å². The van der Waals surface area contributed by atoms with Gasteiger partial charge < -0.3 is 9.80 Å². The minimum absolute atomic E-state index is 0.502. The van der Waals surface area contributed by atoms with Gasteiger partial charge in [-0.3, -0.25) is 5.10 Å². The standard InChI is InChI=1S/C13H16ClN5/c1-18-4-8-6-19(7-9(8)5-18)13-10-3-15-12(14)2-11(10)16-17-13/h2-3,8-9H,4-7H2,1H3,(H,16,17). The Kier molecular flexibility index (Phi) is 2.47. The van der Waals surface area contributed by atoms with Crippen LogP contribution in [0, 0.1) is 11.8 Å². The highest BCUT2D eigenvalue weighted by Crippen LogP contribution is 2.35. The molecule has 6 heteroatoms. The van der Waals surface area contributed by atoms with Crippen LogP contribution in [0.5, 0.6) is 0 Å². The van der Waals surface area contributed by atoms with Crippen LogP contribution in [-0.4, -0.2) is 53.3 Å². The van der Waals surface area contributed by atoms with Crippen LogP contribution in [0.25, 0.3) is 10.9 Å². The first-order valence-electron chi connectivity index (χ1n) is 6.64. The normalized spacial score (nSPS) is 27.4. The van der Waals surface area contributed by atoms with Crippen LogP contribution in [0.3, 0.4) is 0 Å². The fourth-order valence-electron chi connectivity index (χ4n) is 3.52. The lowest BCUT2D eigenvalue weighted by molar-refractivity contribution is 0.387. The van der Waals surface area contributed by atoms with E-state index in [1.807, 2.05) is 12.3 Å². The van der Waals surface area contributed by atoms with Crippen LogP contribution in [0.1, 0.15) is 0 Å². The summed E-state index contributed by atoms with van der Waals surface area (Å²) in [6.07, 6.45) is 1.82. The number of aromatic nitrogens is 3. The molecule has 0 amide bonds. The molecule has 4 heterocycles. The average molecular weight is 278 g/mol. The summed E-state index contributed by atoms with van der Waals surface area (Å²) in [5, 5.41) is 9.08. The van der Waals surface area contributed by atoms with Crippen molar-refractivity contribution in [1.29, 1.82) is 0 Å². The van der Waals surface area contributed by atoms with Gasteiger partial charge in [0.15, 0.2) is 5.82 Å². The number of nitrogens with zero attached hydrogens (tertiary/aromatic N) is 4. The van der Waals surface area contributed by atoms with Gasteiger partial charge in [0.25, 0.3) is 0 Å². The van der Waals surface area contributed by atoms with E-state index in [9.17, 15) is 0 Å². The molecule has 2 atom stereocenters. The molecule has 2 aromatic heterocycles. The molecule has 0 spiro atoms. The number of likely N-dealkylation sites (tertiary alicyclic amines) is 1. The Morgan fingerprint density at radius 3 is 2.74 bits per heavy atom. The Bertz CT molecular complexity index is 611. The largest absolute Gasteiger partial charge is 0.354 e. The fraction of sp³-hybridized carbons (Fsp3) is 0.538. The van der Waals surface area contributed by atoms with E-state index >= 15 is 0 Å². The third-order valence-corrected chi connectivity index (χ3v) is 4.57. The molecule has 2 unspecified atom stereocenters. The molecular weight excluding hydrogens is 262 g/mol. The Hall–Kier alpha value is -1.33. The zero-order valence-electron chi connectivity index (χ0n) is 10.8. The summed E-state index contributed by atoms with van der Waals surface area (Å²) in [5.74, 6) is 2.57. The number of halogens is 1. The van der Waals surface area contributed by atoms with Gasteiger partial charge in [-0.25, -0.2) is 4.98 Å². The van der Waals surface area contributed by atoms with E-state index in [-0.39, 0.29) is 0 Å². The van der Waals surface area contributed by atoms with Gasteiger partial charge in [0.2, 0.25) is 0 Å². The molecule has 0 saturated carbocycles. The summed E-state index contributed by atoms with van der Waals surface area (Å²) in [6, 6.07) is 1.83. The second kappa shape index (κ2) is 4.08. The van der Waals surface area contributed by atoms with Crippen LogP contribution in [0.4, 0.5) is 5.82 Å². The topological polar surface area (TPSA) is 48.0 Å². The number of aromatic amines is 1. The lowest BCUT2D eigenvalue weighted by atomic mass is 10.0. The monoisotopic (exact) mass is 277 g/mol. The zero-order chi connectivity index (χ0) is 13.0. The molecule has 2 aromatic rings. The van der Waals surface area contributed by atoms with E-state index in [1.165, 1.54) is 13.1 Å². The molecule has 100 valence electrons. The maximum Gasteiger partial charge on any atom is 0.159 e. The molecule has 2 aliphatic heterocycles. The molecule has 19 heavy (non-hydrogen) atoms.